The standard InChI is InChI=1S/C32H50N4O2/c1-2-3-20-36-30(37)29(23-26-10-6-4-7-11-26)33-31(38)32(36)16-21-35(22-17-32)25-28-14-12-27(13-15-28)24-34-18-8-5-9-19-34/h12-15,26,29H,2-11,16-25H2,1H3,(H,33,38). The van der Waals surface area contributed by atoms with Gasteiger partial charge in [0, 0.05) is 32.7 Å². The van der Waals surface area contributed by atoms with Gasteiger partial charge in [0.15, 0.2) is 0 Å². The number of carbonyl (C=O) groups is 2. The van der Waals surface area contributed by atoms with Gasteiger partial charge in [0.05, 0.1) is 0 Å². The number of hydrogen-bond acceptors (Lipinski definition) is 4. The van der Waals surface area contributed by atoms with Gasteiger partial charge in [0.1, 0.15) is 11.6 Å². The summed E-state index contributed by atoms with van der Waals surface area (Å²) in [5.41, 5.74) is 2.08. The molecule has 1 spiro atoms. The van der Waals surface area contributed by atoms with Crippen LogP contribution in [0.4, 0.5) is 0 Å². The Kier molecular flexibility index (Phi) is 9.42. The first-order valence-electron chi connectivity index (χ1n) is 15.7. The van der Waals surface area contributed by atoms with Crippen molar-refractivity contribution < 1.29 is 9.59 Å². The van der Waals surface area contributed by atoms with Gasteiger partial charge in [0.2, 0.25) is 11.8 Å². The molecule has 4 fully saturated rings. The van der Waals surface area contributed by atoms with Gasteiger partial charge in [-0.05, 0) is 68.7 Å². The zero-order valence-electron chi connectivity index (χ0n) is 23.8. The van der Waals surface area contributed by atoms with Gasteiger partial charge in [0.25, 0.3) is 0 Å². The molecule has 5 rings (SSSR count). The average molecular weight is 523 g/mol. The molecule has 38 heavy (non-hydrogen) atoms. The number of piperidine rings is 2. The zero-order valence-corrected chi connectivity index (χ0v) is 23.8. The van der Waals surface area contributed by atoms with Crippen molar-refractivity contribution in [3.63, 3.8) is 0 Å². The van der Waals surface area contributed by atoms with Crippen molar-refractivity contribution in [3.05, 3.63) is 35.4 Å². The molecule has 0 radical (unpaired) electrons. The molecule has 1 N–H and O–H groups in total. The topological polar surface area (TPSA) is 55.9 Å². The summed E-state index contributed by atoms with van der Waals surface area (Å²) in [6, 6.07) is 8.83. The van der Waals surface area contributed by atoms with E-state index in [-0.39, 0.29) is 17.9 Å². The Labute approximate surface area is 230 Å². The van der Waals surface area contributed by atoms with Gasteiger partial charge >= 0.3 is 0 Å². The molecule has 6 heteroatoms. The largest absolute Gasteiger partial charge is 0.342 e. The molecule has 3 heterocycles. The molecular formula is C32H50N4O2. The van der Waals surface area contributed by atoms with Crippen LogP contribution in [0.15, 0.2) is 24.3 Å². The third-order valence-electron chi connectivity index (χ3n) is 9.81. The van der Waals surface area contributed by atoms with Crippen LogP contribution in [0.3, 0.4) is 0 Å². The Bertz CT molecular complexity index is 912. The van der Waals surface area contributed by atoms with E-state index in [1.807, 2.05) is 4.90 Å². The van der Waals surface area contributed by atoms with Crippen LogP contribution in [0.25, 0.3) is 0 Å². The lowest BCUT2D eigenvalue weighted by Gasteiger charge is -2.52. The molecule has 1 aliphatic carbocycles. The van der Waals surface area contributed by atoms with Crippen LogP contribution in [-0.4, -0.2) is 70.8 Å². The summed E-state index contributed by atoms with van der Waals surface area (Å²) in [4.78, 5) is 34.5. The lowest BCUT2D eigenvalue weighted by molar-refractivity contribution is -0.162. The second-order valence-electron chi connectivity index (χ2n) is 12.6. The lowest BCUT2D eigenvalue weighted by atomic mass is 9.79. The molecule has 6 nitrogen and oxygen atoms in total. The molecule has 3 aliphatic heterocycles. The van der Waals surface area contributed by atoms with Crippen LogP contribution in [0.1, 0.15) is 102 Å². The number of piperazine rings is 1. The maximum absolute atomic E-state index is 13.8. The second kappa shape index (κ2) is 13.0. The van der Waals surface area contributed by atoms with E-state index in [0.29, 0.717) is 12.5 Å². The predicted octanol–water partition coefficient (Wildman–Crippen LogP) is 5.10. The summed E-state index contributed by atoms with van der Waals surface area (Å²) in [5, 5.41) is 3.23. The number of nitrogens with one attached hydrogen (secondary N) is 1. The average Bonchev–Trinajstić information content (AvgIpc) is 2.95. The Morgan fingerprint density at radius 3 is 2.00 bits per heavy atom. The van der Waals surface area contributed by atoms with Crippen LogP contribution < -0.4 is 5.32 Å². The highest BCUT2D eigenvalue weighted by Crippen LogP contribution is 2.36. The van der Waals surface area contributed by atoms with Crippen LogP contribution in [0, 0.1) is 5.92 Å². The van der Waals surface area contributed by atoms with Gasteiger partial charge in [-0.2, -0.15) is 0 Å². The summed E-state index contributed by atoms with van der Waals surface area (Å²) in [7, 11) is 0. The Balaban J connectivity index is 1.18. The van der Waals surface area contributed by atoms with Crippen molar-refractivity contribution in [2.75, 3.05) is 32.7 Å². The molecule has 3 saturated heterocycles. The summed E-state index contributed by atoms with van der Waals surface area (Å²) in [6.07, 6.45) is 14.6. The fourth-order valence-electron chi connectivity index (χ4n) is 7.39. The quantitative estimate of drug-likeness (QED) is 0.490. The van der Waals surface area contributed by atoms with Crippen molar-refractivity contribution in [2.45, 2.75) is 115 Å². The highest BCUT2D eigenvalue weighted by Gasteiger charge is 2.53. The van der Waals surface area contributed by atoms with Crippen molar-refractivity contribution in [3.8, 4) is 0 Å². The molecule has 1 aromatic rings. The Hall–Kier alpha value is -1.92. The fourth-order valence-corrected chi connectivity index (χ4v) is 7.39. The van der Waals surface area contributed by atoms with Gasteiger partial charge in [-0.25, -0.2) is 0 Å². The maximum atomic E-state index is 13.8. The predicted molar refractivity (Wildman–Crippen MR) is 153 cm³/mol. The summed E-state index contributed by atoms with van der Waals surface area (Å²) >= 11 is 0. The SMILES string of the molecule is CCCCN1C(=O)C(CC2CCCCC2)NC(=O)C12CCN(Cc1ccc(CN3CCCCC3)cc1)CC2. The number of hydrogen-bond donors (Lipinski definition) is 1. The number of benzene rings is 1. The number of likely N-dealkylation sites (tertiary alicyclic amines) is 2. The van der Waals surface area contributed by atoms with Crippen LogP contribution in [0.5, 0.6) is 0 Å². The van der Waals surface area contributed by atoms with Gasteiger partial charge in [-0.1, -0.05) is 76.1 Å². The molecular weight excluding hydrogens is 472 g/mol. The lowest BCUT2D eigenvalue weighted by Crippen LogP contribution is -2.73. The van der Waals surface area contributed by atoms with Crippen LogP contribution in [0.2, 0.25) is 0 Å². The van der Waals surface area contributed by atoms with Gasteiger partial charge in [-0.3, -0.25) is 19.4 Å². The molecule has 1 atom stereocenters. The highest BCUT2D eigenvalue weighted by molar-refractivity contribution is 6.00. The van der Waals surface area contributed by atoms with E-state index in [9.17, 15) is 9.59 Å². The zero-order chi connectivity index (χ0) is 26.4. The van der Waals surface area contributed by atoms with E-state index >= 15 is 0 Å². The number of unbranched alkanes of at least 4 members (excludes halogenated alkanes) is 1. The first-order valence-corrected chi connectivity index (χ1v) is 15.7. The molecule has 210 valence electrons. The number of carbonyl (C=O) groups excluding carboxylic acids is 2. The number of nitrogens with zero attached hydrogens (tertiary/aromatic N) is 3. The Morgan fingerprint density at radius 1 is 0.816 bits per heavy atom. The van der Waals surface area contributed by atoms with Crippen LogP contribution in [-0.2, 0) is 22.7 Å². The normalized spacial score (nSPS) is 25.6. The smallest absolute Gasteiger partial charge is 0.246 e. The van der Waals surface area contributed by atoms with E-state index in [1.165, 1.54) is 75.6 Å². The molecule has 2 amide bonds. The number of rotatable bonds is 9. The Morgan fingerprint density at radius 2 is 1.39 bits per heavy atom. The minimum absolute atomic E-state index is 0.107. The van der Waals surface area contributed by atoms with Gasteiger partial charge in [-0.15, -0.1) is 0 Å². The van der Waals surface area contributed by atoms with Crippen LogP contribution >= 0.6 is 0 Å². The molecule has 0 aromatic heterocycles. The van der Waals surface area contributed by atoms with Crippen molar-refractivity contribution in [1.82, 2.24) is 20.0 Å². The van der Waals surface area contributed by atoms with E-state index < -0.39 is 5.54 Å². The second-order valence-corrected chi connectivity index (χ2v) is 12.6. The number of amides is 2. The first-order chi connectivity index (χ1) is 18.6. The summed E-state index contributed by atoms with van der Waals surface area (Å²) < 4.78 is 0. The molecule has 1 unspecified atom stereocenters. The summed E-state index contributed by atoms with van der Waals surface area (Å²) in [6.45, 7) is 9.01. The minimum Gasteiger partial charge on any atom is -0.342 e. The monoisotopic (exact) mass is 522 g/mol. The minimum atomic E-state index is -0.663. The van der Waals surface area contributed by atoms with E-state index in [4.69, 9.17) is 0 Å². The molecule has 1 aromatic carbocycles. The summed E-state index contributed by atoms with van der Waals surface area (Å²) in [5.74, 6) is 0.866. The van der Waals surface area contributed by atoms with E-state index in [2.05, 4.69) is 46.3 Å². The third-order valence-corrected chi connectivity index (χ3v) is 9.81. The van der Waals surface area contributed by atoms with E-state index in [1.54, 1.807) is 0 Å². The van der Waals surface area contributed by atoms with Gasteiger partial charge < -0.3 is 10.2 Å². The first kappa shape index (κ1) is 27.6. The fraction of sp³-hybridized carbons (Fsp3) is 0.750. The van der Waals surface area contributed by atoms with E-state index in [0.717, 1.165) is 58.3 Å². The third kappa shape index (κ3) is 6.44. The van der Waals surface area contributed by atoms with Crippen molar-refractivity contribution in [1.29, 1.82) is 0 Å². The maximum Gasteiger partial charge on any atom is 0.246 e. The molecule has 0 bridgehead atoms. The molecule has 1 saturated carbocycles. The highest BCUT2D eigenvalue weighted by atomic mass is 16.2. The van der Waals surface area contributed by atoms with Crippen molar-refractivity contribution >= 4 is 11.8 Å². The molecule has 4 aliphatic rings. The van der Waals surface area contributed by atoms with Crippen molar-refractivity contribution in [2.24, 2.45) is 5.92 Å².